The van der Waals surface area contributed by atoms with Crippen LogP contribution < -0.4 is 9.47 Å². The summed E-state index contributed by atoms with van der Waals surface area (Å²) in [5.74, 6) is 1.50. The number of hydrogen-bond acceptors (Lipinski definition) is 5. The average molecular weight is 285 g/mol. The zero-order chi connectivity index (χ0) is 14.8. The van der Waals surface area contributed by atoms with Crippen molar-refractivity contribution in [3.05, 3.63) is 30.3 Å². The third-order valence-corrected chi connectivity index (χ3v) is 3.09. The van der Waals surface area contributed by atoms with Crippen LogP contribution in [0.4, 0.5) is 0 Å². The topological polar surface area (TPSA) is 80.3 Å². The van der Waals surface area contributed by atoms with Crippen LogP contribution in [0.1, 0.15) is 6.92 Å². The number of aromatic nitrogens is 3. The van der Waals surface area contributed by atoms with E-state index in [2.05, 4.69) is 15.0 Å². The van der Waals surface area contributed by atoms with Crippen LogP contribution in [0.3, 0.4) is 0 Å². The molecule has 0 amide bonds. The molecular weight excluding hydrogens is 270 g/mol. The minimum absolute atomic E-state index is 0.0455. The molecule has 6 heteroatoms. The van der Waals surface area contributed by atoms with E-state index in [1.54, 1.807) is 24.3 Å². The minimum atomic E-state index is 0.0455. The van der Waals surface area contributed by atoms with E-state index in [-0.39, 0.29) is 5.75 Å². The number of para-hydroxylation sites is 1. The molecule has 0 saturated heterocycles. The lowest BCUT2D eigenvalue weighted by molar-refractivity contribution is 0.328. The van der Waals surface area contributed by atoms with Crippen LogP contribution >= 0.6 is 0 Å². The number of H-pyrrole nitrogens is 1. The molecule has 1 aromatic carbocycles. The molecule has 0 saturated carbocycles. The lowest BCUT2D eigenvalue weighted by Crippen LogP contribution is -1.93. The van der Waals surface area contributed by atoms with E-state index in [1.807, 2.05) is 13.0 Å². The number of hydrogen-bond donors (Lipinski definition) is 2. The van der Waals surface area contributed by atoms with E-state index < -0.39 is 0 Å². The van der Waals surface area contributed by atoms with Gasteiger partial charge in [-0.2, -0.15) is 4.98 Å². The fourth-order valence-corrected chi connectivity index (χ4v) is 2.11. The second-order valence-electron chi connectivity index (χ2n) is 4.40. The van der Waals surface area contributed by atoms with Gasteiger partial charge in [0.1, 0.15) is 5.82 Å². The minimum Gasteiger partial charge on any atom is -0.504 e. The molecule has 0 aliphatic rings. The Labute approximate surface area is 121 Å². The maximum Gasteiger partial charge on any atom is 0.215 e. The molecule has 2 aromatic heterocycles. The lowest BCUT2D eigenvalue weighted by Gasteiger charge is -2.06. The quantitative estimate of drug-likeness (QED) is 0.770. The molecule has 0 atom stereocenters. The van der Waals surface area contributed by atoms with E-state index >= 15 is 0 Å². The van der Waals surface area contributed by atoms with Crippen molar-refractivity contribution in [1.29, 1.82) is 0 Å². The standard InChI is InChI=1S/C15H15N3O3/c1-3-21-12-8-7-10-15(17-12)18-14(16-10)9-5-4-6-11(20-2)13(9)19/h4-8,19H,3H2,1-2H3,(H,16,17,18). The van der Waals surface area contributed by atoms with Crippen LogP contribution in [0, 0.1) is 0 Å². The molecule has 3 rings (SSSR count). The fraction of sp³-hybridized carbons (Fsp3) is 0.200. The first-order chi connectivity index (χ1) is 10.2. The van der Waals surface area contributed by atoms with Crippen molar-refractivity contribution in [1.82, 2.24) is 15.0 Å². The highest BCUT2D eigenvalue weighted by molar-refractivity contribution is 5.79. The van der Waals surface area contributed by atoms with Gasteiger partial charge in [0.15, 0.2) is 17.1 Å². The molecule has 0 spiro atoms. The molecule has 0 bridgehead atoms. The maximum absolute atomic E-state index is 10.2. The third kappa shape index (κ3) is 2.35. The van der Waals surface area contributed by atoms with Gasteiger partial charge in [-0.15, -0.1) is 0 Å². The van der Waals surface area contributed by atoms with E-state index in [4.69, 9.17) is 9.47 Å². The molecule has 0 aliphatic heterocycles. The number of fused-ring (bicyclic) bond motifs is 1. The summed E-state index contributed by atoms with van der Waals surface area (Å²) >= 11 is 0. The van der Waals surface area contributed by atoms with Crippen molar-refractivity contribution in [2.75, 3.05) is 13.7 Å². The summed E-state index contributed by atoms with van der Waals surface area (Å²) in [5.41, 5.74) is 1.87. The van der Waals surface area contributed by atoms with Crippen molar-refractivity contribution in [3.8, 4) is 28.8 Å². The van der Waals surface area contributed by atoms with Gasteiger partial charge >= 0.3 is 0 Å². The Morgan fingerprint density at radius 3 is 2.81 bits per heavy atom. The lowest BCUT2D eigenvalue weighted by atomic mass is 10.2. The molecule has 0 fully saturated rings. The largest absolute Gasteiger partial charge is 0.504 e. The predicted octanol–water partition coefficient (Wildman–Crippen LogP) is 2.74. The smallest absolute Gasteiger partial charge is 0.215 e. The highest BCUT2D eigenvalue weighted by Gasteiger charge is 2.14. The van der Waals surface area contributed by atoms with Gasteiger partial charge in [-0.1, -0.05) is 6.07 Å². The summed E-state index contributed by atoms with van der Waals surface area (Å²) in [4.78, 5) is 11.8. The van der Waals surface area contributed by atoms with Gasteiger partial charge in [0.05, 0.1) is 24.8 Å². The Morgan fingerprint density at radius 2 is 2.05 bits per heavy atom. The number of imidazole rings is 1. The number of aromatic hydroxyl groups is 1. The molecule has 6 nitrogen and oxygen atoms in total. The predicted molar refractivity (Wildman–Crippen MR) is 78.7 cm³/mol. The fourth-order valence-electron chi connectivity index (χ4n) is 2.11. The molecule has 0 radical (unpaired) electrons. The first-order valence-corrected chi connectivity index (χ1v) is 6.59. The number of aromatic amines is 1. The van der Waals surface area contributed by atoms with Crippen LogP contribution in [-0.2, 0) is 0 Å². The second-order valence-corrected chi connectivity index (χ2v) is 4.40. The van der Waals surface area contributed by atoms with E-state index in [1.165, 1.54) is 7.11 Å². The highest BCUT2D eigenvalue weighted by atomic mass is 16.5. The van der Waals surface area contributed by atoms with Gasteiger partial charge in [0.25, 0.3) is 0 Å². The zero-order valence-corrected chi connectivity index (χ0v) is 11.8. The van der Waals surface area contributed by atoms with Gasteiger partial charge in [-0.3, -0.25) is 0 Å². The first-order valence-electron chi connectivity index (χ1n) is 6.59. The second kappa shape index (κ2) is 5.32. The van der Waals surface area contributed by atoms with E-state index in [0.717, 1.165) is 5.52 Å². The number of nitrogens with one attached hydrogen (secondary N) is 1. The molecule has 2 N–H and O–H groups in total. The number of rotatable bonds is 4. The summed E-state index contributed by atoms with van der Waals surface area (Å²) in [6, 6.07) is 8.87. The van der Waals surface area contributed by atoms with Crippen molar-refractivity contribution in [2.24, 2.45) is 0 Å². The average Bonchev–Trinajstić information content (AvgIpc) is 2.90. The molecule has 3 aromatic rings. The summed E-state index contributed by atoms with van der Waals surface area (Å²) < 4.78 is 10.5. The maximum atomic E-state index is 10.2. The number of methoxy groups -OCH3 is 1. The third-order valence-electron chi connectivity index (χ3n) is 3.09. The van der Waals surface area contributed by atoms with Gasteiger partial charge in [-0.05, 0) is 25.1 Å². The van der Waals surface area contributed by atoms with Gasteiger partial charge < -0.3 is 19.6 Å². The van der Waals surface area contributed by atoms with Crippen molar-refractivity contribution in [2.45, 2.75) is 6.92 Å². The Hall–Kier alpha value is -2.76. The molecule has 21 heavy (non-hydrogen) atoms. The van der Waals surface area contributed by atoms with Crippen LogP contribution in [-0.4, -0.2) is 33.8 Å². The Bertz CT molecular complexity index is 783. The molecular formula is C15H15N3O3. The number of pyridine rings is 1. The number of benzene rings is 1. The van der Waals surface area contributed by atoms with E-state index in [9.17, 15) is 5.11 Å². The van der Waals surface area contributed by atoms with Crippen LogP contribution in [0.15, 0.2) is 30.3 Å². The van der Waals surface area contributed by atoms with Gasteiger partial charge in [0.2, 0.25) is 5.88 Å². The number of phenolic OH excluding ortho intramolecular Hbond substituents is 1. The summed E-state index contributed by atoms with van der Waals surface area (Å²) in [7, 11) is 1.51. The molecule has 108 valence electrons. The normalized spacial score (nSPS) is 10.8. The van der Waals surface area contributed by atoms with Crippen molar-refractivity contribution in [3.63, 3.8) is 0 Å². The molecule has 0 aliphatic carbocycles. The molecule has 0 unspecified atom stereocenters. The zero-order valence-electron chi connectivity index (χ0n) is 11.8. The summed E-state index contributed by atoms with van der Waals surface area (Å²) in [6.45, 7) is 2.45. The van der Waals surface area contributed by atoms with Crippen molar-refractivity contribution < 1.29 is 14.6 Å². The number of nitrogens with zero attached hydrogens (tertiary/aromatic N) is 2. The van der Waals surface area contributed by atoms with Crippen LogP contribution in [0.25, 0.3) is 22.6 Å². The van der Waals surface area contributed by atoms with Crippen molar-refractivity contribution >= 4 is 11.2 Å². The van der Waals surface area contributed by atoms with Gasteiger partial charge in [-0.25, -0.2) is 4.98 Å². The summed E-state index contributed by atoms with van der Waals surface area (Å²) in [5, 5.41) is 10.2. The van der Waals surface area contributed by atoms with Crippen LogP contribution in [0.2, 0.25) is 0 Å². The SMILES string of the molecule is CCOc1ccc2[nH]c(-c3cccc(OC)c3O)nc2n1. The van der Waals surface area contributed by atoms with Crippen LogP contribution in [0.5, 0.6) is 17.4 Å². The Balaban J connectivity index is 2.09. The summed E-state index contributed by atoms with van der Waals surface area (Å²) in [6.07, 6.45) is 0. The first kappa shape index (κ1) is 13.2. The number of phenols is 1. The monoisotopic (exact) mass is 285 g/mol. The highest BCUT2D eigenvalue weighted by Crippen LogP contribution is 2.36. The number of ether oxygens (including phenoxy) is 2. The van der Waals surface area contributed by atoms with Gasteiger partial charge in [0, 0.05) is 6.07 Å². The Morgan fingerprint density at radius 1 is 1.19 bits per heavy atom. The molecule has 2 heterocycles. The van der Waals surface area contributed by atoms with E-state index in [0.29, 0.717) is 35.3 Å². The Kier molecular flexibility index (Phi) is 3.35.